The zero-order valence-electron chi connectivity index (χ0n) is 15.4. The molecule has 0 fully saturated rings. The van der Waals surface area contributed by atoms with Gasteiger partial charge in [-0.2, -0.15) is 0 Å². The number of amides is 2. The van der Waals surface area contributed by atoms with Gasteiger partial charge in [-0.05, 0) is 24.8 Å². The van der Waals surface area contributed by atoms with Gasteiger partial charge in [0.1, 0.15) is 18.9 Å². The zero-order chi connectivity index (χ0) is 19.9. The SMILES string of the molecule is CC(=O)SCC[C@H](NC(=O)OCc1ccccc1)C(=O)NCCCCC=O. The van der Waals surface area contributed by atoms with Gasteiger partial charge in [0.15, 0.2) is 5.12 Å². The van der Waals surface area contributed by atoms with Crippen LogP contribution in [0.5, 0.6) is 0 Å². The van der Waals surface area contributed by atoms with Crippen molar-refractivity contribution in [3.05, 3.63) is 35.9 Å². The molecule has 0 aliphatic rings. The van der Waals surface area contributed by atoms with Crippen LogP contribution in [0.1, 0.15) is 38.2 Å². The van der Waals surface area contributed by atoms with Gasteiger partial charge in [0.05, 0.1) is 0 Å². The molecule has 0 radical (unpaired) electrons. The van der Waals surface area contributed by atoms with Gasteiger partial charge in [-0.1, -0.05) is 42.1 Å². The smallest absolute Gasteiger partial charge is 0.408 e. The highest BCUT2D eigenvalue weighted by molar-refractivity contribution is 8.13. The van der Waals surface area contributed by atoms with E-state index < -0.39 is 12.1 Å². The largest absolute Gasteiger partial charge is 0.445 e. The molecule has 7 nitrogen and oxygen atoms in total. The second-order valence-corrected chi connectivity index (χ2v) is 7.11. The third-order valence-corrected chi connectivity index (χ3v) is 4.43. The van der Waals surface area contributed by atoms with Crippen molar-refractivity contribution < 1.29 is 23.9 Å². The van der Waals surface area contributed by atoms with Crippen LogP contribution >= 0.6 is 11.8 Å². The van der Waals surface area contributed by atoms with Gasteiger partial charge in [-0.25, -0.2) is 4.79 Å². The zero-order valence-corrected chi connectivity index (χ0v) is 16.3. The normalized spacial score (nSPS) is 11.3. The summed E-state index contributed by atoms with van der Waals surface area (Å²) in [6.07, 6.45) is 2.30. The van der Waals surface area contributed by atoms with Crippen molar-refractivity contribution in [3.8, 4) is 0 Å². The molecule has 0 aromatic heterocycles. The van der Waals surface area contributed by atoms with Crippen LogP contribution in [-0.2, 0) is 25.7 Å². The lowest BCUT2D eigenvalue weighted by atomic mass is 10.2. The molecule has 1 atom stereocenters. The van der Waals surface area contributed by atoms with Crippen LogP contribution in [0.25, 0.3) is 0 Å². The quantitative estimate of drug-likeness (QED) is 0.417. The molecule has 27 heavy (non-hydrogen) atoms. The summed E-state index contributed by atoms with van der Waals surface area (Å²) in [4.78, 5) is 45.7. The number of carbonyl (C=O) groups is 4. The Hall–Kier alpha value is -2.35. The van der Waals surface area contributed by atoms with Gasteiger partial charge in [0, 0.05) is 25.6 Å². The summed E-state index contributed by atoms with van der Waals surface area (Å²) in [6, 6.07) is 8.44. The summed E-state index contributed by atoms with van der Waals surface area (Å²) in [5, 5.41) is 5.25. The van der Waals surface area contributed by atoms with Crippen molar-refractivity contribution in [2.24, 2.45) is 0 Å². The van der Waals surface area contributed by atoms with Crippen molar-refractivity contribution in [1.29, 1.82) is 0 Å². The molecule has 0 heterocycles. The summed E-state index contributed by atoms with van der Waals surface area (Å²) in [5.74, 6) is 0.0827. The number of thioether (sulfide) groups is 1. The molecular formula is C19H26N2O5S. The number of hydrogen-bond acceptors (Lipinski definition) is 6. The van der Waals surface area contributed by atoms with Crippen molar-refractivity contribution in [2.45, 2.75) is 45.3 Å². The van der Waals surface area contributed by atoms with Crippen molar-refractivity contribution in [3.63, 3.8) is 0 Å². The fraction of sp³-hybridized carbons (Fsp3) is 0.474. The number of nitrogens with one attached hydrogen (secondary N) is 2. The molecule has 0 aliphatic carbocycles. The number of hydrogen-bond donors (Lipinski definition) is 2. The molecule has 2 amide bonds. The molecule has 0 unspecified atom stereocenters. The maximum absolute atomic E-state index is 12.3. The number of ether oxygens (including phenoxy) is 1. The Morgan fingerprint density at radius 3 is 2.59 bits per heavy atom. The number of alkyl carbamates (subject to hydrolysis) is 1. The summed E-state index contributed by atoms with van der Waals surface area (Å²) >= 11 is 1.10. The molecule has 0 aliphatic heterocycles. The molecule has 0 saturated carbocycles. The van der Waals surface area contributed by atoms with E-state index in [4.69, 9.17) is 4.74 Å². The second-order valence-electron chi connectivity index (χ2n) is 5.84. The summed E-state index contributed by atoms with van der Waals surface area (Å²) in [7, 11) is 0. The molecule has 0 spiro atoms. The first-order chi connectivity index (χ1) is 13.0. The van der Waals surface area contributed by atoms with Crippen LogP contribution in [0.4, 0.5) is 4.79 Å². The molecule has 1 aromatic rings. The molecule has 0 saturated heterocycles. The van der Waals surface area contributed by atoms with E-state index >= 15 is 0 Å². The van der Waals surface area contributed by atoms with E-state index in [1.54, 1.807) is 0 Å². The first kappa shape index (κ1) is 22.7. The molecule has 1 aromatic carbocycles. The van der Waals surface area contributed by atoms with E-state index in [2.05, 4.69) is 10.6 Å². The third kappa shape index (κ3) is 11.1. The summed E-state index contributed by atoms with van der Waals surface area (Å²) in [6.45, 7) is 1.98. The molecule has 148 valence electrons. The minimum atomic E-state index is -0.786. The van der Waals surface area contributed by atoms with E-state index in [1.807, 2.05) is 30.3 Å². The highest BCUT2D eigenvalue weighted by atomic mass is 32.2. The molecular weight excluding hydrogens is 368 g/mol. The van der Waals surface area contributed by atoms with E-state index in [0.717, 1.165) is 23.6 Å². The summed E-state index contributed by atoms with van der Waals surface area (Å²) < 4.78 is 5.15. The van der Waals surface area contributed by atoms with E-state index in [1.165, 1.54) is 6.92 Å². The van der Waals surface area contributed by atoms with Gasteiger partial charge in [-0.3, -0.25) is 9.59 Å². The van der Waals surface area contributed by atoms with Gasteiger partial charge in [0.25, 0.3) is 0 Å². The number of rotatable bonds is 12. The second kappa shape index (κ2) is 13.8. The third-order valence-electron chi connectivity index (χ3n) is 3.58. The lowest BCUT2D eigenvalue weighted by Crippen LogP contribution is -2.47. The molecule has 8 heteroatoms. The van der Waals surface area contributed by atoms with Crippen LogP contribution in [0.2, 0.25) is 0 Å². The van der Waals surface area contributed by atoms with E-state index in [9.17, 15) is 19.2 Å². The summed E-state index contributed by atoms with van der Waals surface area (Å²) in [5.41, 5.74) is 0.843. The number of carbonyl (C=O) groups excluding carboxylic acids is 4. The Morgan fingerprint density at radius 1 is 1.19 bits per heavy atom. The number of benzene rings is 1. The van der Waals surface area contributed by atoms with Gasteiger partial charge in [-0.15, -0.1) is 0 Å². The lowest BCUT2D eigenvalue weighted by Gasteiger charge is -2.18. The number of unbranched alkanes of at least 4 members (excludes halogenated alkanes) is 2. The van der Waals surface area contributed by atoms with E-state index in [-0.39, 0.29) is 17.6 Å². The van der Waals surface area contributed by atoms with Crippen LogP contribution in [0.15, 0.2) is 30.3 Å². The average molecular weight is 394 g/mol. The Bertz CT molecular complexity index is 609. The minimum Gasteiger partial charge on any atom is -0.445 e. The fourth-order valence-corrected chi connectivity index (χ4v) is 2.82. The van der Waals surface area contributed by atoms with Gasteiger partial charge >= 0.3 is 6.09 Å². The monoisotopic (exact) mass is 394 g/mol. The highest BCUT2D eigenvalue weighted by Crippen LogP contribution is 2.07. The Kier molecular flexibility index (Phi) is 11.6. The Balaban J connectivity index is 2.47. The predicted molar refractivity (Wildman–Crippen MR) is 104 cm³/mol. The van der Waals surface area contributed by atoms with Gasteiger partial charge in [0.2, 0.25) is 5.91 Å². The topological polar surface area (TPSA) is 102 Å². The predicted octanol–water partition coefficient (Wildman–Crippen LogP) is 2.44. The number of aldehydes is 1. The van der Waals surface area contributed by atoms with Crippen molar-refractivity contribution in [2.75, 3.05) is 12.3 Å². The Labute approximate surface area is 163 Å². The maximum atomic E-state index is 12.3. The Morgan fingerprint density at radius 2 is 1.93 bits per heavy atom. The van der Waals surface area contributed by atoms with Crippen molar-refractivity contribution >= 4 is 35.2 Å². The fourth-order valence-electron chi connectivity index (χ4n) is 2.18. The average Bonchev–Trinajstić information content (AvgIpc) is 2.66. The molecule has 2 N–H and O–H groups in total. The van der Waals surface area contributed by atoms with Crippen molar-refractivity contribution in [1.82, 2.24) is 10.6 Å². The first-order valence-electron chi connectivity index (χ1n) is 8.85. The highest BCUT2D eigenvalue weighted by Gasteiger charge is 2.21. The molecule has 1 rings (SSSR count). The van der Waals surface area contributed by atoms with Gasteiger partial charge < -0.3 is 20.2 Å². The minimum absolute atomic E-state index is 0.0466. The molecule has 0 bridgehead atoms. The van der Waals surface area contributed by atoms with Crippen LogP contribution in [0.3, 0.4) is 0 Å². The first-order valence-corrected chi connectivity index (χ1v) is 9.83. The maximum Gasteiger partial charge on any atom is 0.408 e. The van der Waals surface area contributed by atoms with Crippen LogP contribution in [0, 0.1) is 0 Å². The van der Waals surface area contributed by atoms with Crippen LogP contribution in [-0.4, -0.2) is 41.7 Å². The standard InChI is InChI=1S/C19H26N2O5S/c1-15(23)27-13-10-17(18(24)20-11-6-3-7-12-22)21-19(25)26-14-16-8-4-2-5-9-16/h2,4-5,8-9,12,17H,3,6-7,10-11,13-14H2,1H3,(H,20,24)(H,21,25)/t17-/m0/s1. The van der Waals surface area contributed by atoms with Crippen LogP contribution < -0.4 is 10.6 Å². The van der Waals surface area contributed by atoms with E-state index in [0.29, 0.717) is 38.0 Å². The lowest BCUT2D eigenvalue weighted by molar-refractivity contribution is -0.123.